The van der Waals surface area contributed by atoms with E-state index >= 15 is 0 Å². The van der Waals surface area contributed by atoms with Crippen LogP contribution < -0.4 is 10.1 Å². The fourth-order valence-electron chi connectivity index (χ4n) is 1.82. The quantitative estimate of drug-likeness (QED) is 0.441. The van der Waals surface area contributed by atoms with Gasteiger partial charge in [0.1, 0.15) is 5.75 Å². The van der Waals surface area contributed by atoms with Crippen molar-refractivity contribution in [3.63, 3.8) is 0 Å². The van der Waals surface area contributed by atoms with Gasteiger partial charge in [0.25, 0.3) is 5.69 Å². The van der Waals surface area contributed by atoms with Crippen molar-refractivity contribution in [3.05, 3.63) is 28.3 Å². The van der Waals surface area contributed by atoms with Gasteiger partial charge in [-0.15, -0.1) is 0 Å². The van der Waals surface area contributed by atoms with Crippen molar-refractivity contribution in [1.29, 1.82) is 0 Å². The molecule has 1 aromatic carbocycles. The monoisotopic (exact) mass is 266 g/mol. The molecule has 1 rings (SSSR count). The van der Waals surface area contributed by atoms with E-state index in [0.717, 1.165) is 31.0 Å². The Balaban J connectivity index is 2.53. The highest BCUT2D eigenvalue weighted by atomic mass is 16.6. The van der Waals surface area contributed by atoms with Crippen molar-refractivity contribution in [1.82, 2.24) is 0 Å². The number of methoxy groups -OCH3 is 1. The first-order chi connectivity index (χ1) is 9.02. The first-order valence-corrected chi connectivity index (χ1v) is 6.60. The molecule has 0 aliphatic heterocycles. The number of hydrogen-bond donors (Lipinski definition) is 1. The molecule has 19 heavy (non-hydrogen) atoms. The van der Waals surface area contributed by atoms with E-state index < -0.39 is 4.92 Å². The van der Waals surface area contributed by atoms with Crippen LogP contribution in [0, 0.1) is 16.0 Å². The number of benzene rings is 1. The molecule has 0 aliphatic carbocycles. The van der Waals surface area contributed by atoms with Crippen LogP contribution in [0.15, 0.2) is 18.2 Å². The van der Waals surface area contributed by atoms with E-state index in [1.165, 1.54) is 25.7 Å². The van der Waals surface area contributed by atoms with Crippen LogP contribution in [0.4, 0.5) is 11.4 Å². The molecule has 5 heteroatoms. The lowest BCUT2D eigenvalue weighted by atomic mass is 10.1. The van der Waals surface area contributed by atoms with Crippen LogP contribution in [0.25, 0.3) is 0 Å². The molecule has 0 radical (unpaired) electrons. The number of nitrogens with zero attached hydrogens (tertiary/aromatic N) is 1. The molecule has 0 aromatic heterocycles. The van der Waals surface area contributed by atoms with Crippen molar-refractivity contribution in [3.8, 4) is 5.75 Å². The summed E-state index contributed by atoms with van der Waals surface area (Å²) in [5, 5.41) is 14.0. The summed E-state index contributed by atoms with van der Waals surface area (Å²) in [6.07, 6.45) is 3.43. The van der Waals surface area contributed by atoms with E-state index in [4.69, 9.17) is 4.74 Å². The normalized spacial score (nSPS) is 10.5. The van der Waals surface area contributed by atoms with Crippen LogP contribution in [0.1, 0.15) is 33.1 Å². The van der Waals surface area contributed by atoms with Crippen LogP contribution in [0.5, 0.6) is 5.75 Å². The zero-order valence-corrected chi connectivity index (χ0v) is 11.8. The van der Waals surface area contributed by atoms with Crippen LogP contribution in [0.3, 0.4) is 0 Å². The number of nitro groups is 1. The van der Waals surface area contributed by atoms with Gasteiger partial charge < -0.3 is 10.1 Å². The summed E-state index contributed by atoms with van der Waals surface area (Å²) in [6.45, 7) is 5.23. The molecule has 0 saturated carbocycles. The smallest absolute Gasteiger partial charge is 0.275 e. The number of anilines is 1. The zero-order chi connectivity index (χ0) is 14.3. The van der Waals surface area contributed by atoms with Gasteiger partial charge in [0.05, 0.1) is 18.1 Å². The highest BCUT2D eigenvalue weighted by molar-refractivity contribution is 5.56. The predicted molar refractivity (Wildman–Crippen MR) is 76.8 cm³/mol. The van der Waals surface area contributed by atoms with Gasteiger partial charge in [-0.3, -0.25) is 10.1 Å². The fraction of sp³-hybridized carbons (Fsp3) is 0.571. The fourth-order valence-corrected chi connectivity index (χ4v) is 1.82. The first-order valence-electron chi connectivity index (χ1n) is 6.60. The van der Waals surface area contributed by atoms with Crippen molar-refractivity contribution >= 4 is 11.4 Å². The average Bonchev–Trinajstić information content (AvgIpc) is 2.37. The third-order valence-corrected chi connectivity index (χ3v) is 2.88. The van der Waals surface area contributed by atoms with E-state index in [-0.39, 0.29) is 5.69 Å². The summed E-state index contributed by atoms with van der Waals surface area (Å²) in [5.74, 6) is 1.22. The van der Waals surface area contributed by atoms with E-state index in [1.807, 2.05) is 0 Å². The van der Waals surface area contributed by atoms with Crippen molar-refractivity contribution in [2.24, 2.45) is 5.92 Å². The lowest BCUT2D eigenvalue weighted by Gasteiger charge is -2.09. The lowest BCUT2D eigenvalue weighted by molar-refractivity contribution is -0.384. The van der Waals surface area contributed by atoms with Crippen LogP contribution >= 0.6 is 0 Å². The minimum absolute atomic E-state index is 0.0454. The van der Waals surface area contributed by atoms with Gasteiger partial charge in [-0.25, -0.2) is 0 Å². The van der Waals surface area contributed by atoms with Gasteiger partial charge in [-0.1, -0.05) is 26.7 Å². The summed E-state index contributed by atoms with van der Waals surface area (Å²) >= 11 is 0. The lowest BCUT2D eigenvalue weighted by Crippen LogP contribution is -2.03. The predicted octanol–water partition coefficient (Wildman–Crippen LogP) is 3.84. The number of non-ortho nitro benzene ring substituents is 1. The third-order valence-electron chi connectivity index (χ3n) is 2.88. The van der Waals surface area contributed by atoms with Crippen molar-refractivity contribution in [2.45, 2.75) is 33.1 Å². The van der Waals surface area contributed by atoms with Gasteiger partial charge in [0.15, 0.2) is 0 Å². The standard InChI is InChI=1S/C14H22N2O3/c1-11(2)6-4-5-7-15-12-8-13(16(17)18)10-14(9-12)19-3/h8-11,15H,4-7H2,1-3H3. The Hall–Kier alpha value is -1.78. The van der Waals surface area contributed by atoms with Gasteiger partial charge in [-0.2, -0.15) is 0 Å². The molecule has 1 aromatic rings. The second-order valence-electron chi connectivity index (χ2n) is 4.99. The first kappa shape index (κ1) is 15.3. The number of rotatable bonds is 8. The van der Waals surface area contributed by atoms with Crippen LogP contribution in [0.2, 0.25) is 0 Å². The van der Waals surface area contributed by atoms with Gasteiger partial charge in [0.2, 0.25) is 0 Å². The van der Waals surface area contributed by atoms with Crippen molar-refractivity contribution in [2.75, 3.05) is 19.0 Å². The summed E-state index contributed by atoms with van der Waals surface area (Å²) in [4.78, 5) is 10.4. The summed E-state index contributed by atoms with van der Waals surface area (Å²) in [5.41, 5.74) is 0.777. The topological polar surface area (TPSA) is 64.4 Å². The van der Waals surface area contributed by atoms with Gasteiger partial charge >= 0.3 is 0 Å². The van der Waals surface area contributed by atoms with E-state index in [1.54, 1.807) is 6.07 Å². The Bertz CT molecular complexity index is 419. The molecule has 0 bridgehead atoms. The van der Waals surface area contributed by atoms with Crippen LogP contribution in [-0.2, 0) is 0 Å². The number of nitrogens with one attached hydrogen (secondary N) is 1. The Kier molecular flexibility index (Phi) is 6.12. The molecule has 106 valence electrons. The summed E-state index contributed by atoms with van der Waals surface area (Å²) < 4.78 is 5.06. The Morgan fingerprint density at radius 2 is 2.05 bits per heavy atom. The minimum atomic E-state index is -0.410. The zero-order valence-electron chi connectivity index (χ0n) is 11.8. The Morgan fingerprint density at radius 1 is 1.32 bits per heavy atom. The van der Waals surface area contributed by atoms with Crippen molar-refractivity contribution < 1.29 is 9.66 Å². The maximum absolute atomic E-state index is 10.8. The number of unbranched alkanes of at least 4 members (excludes halogenated alkanes) is 1. The second kappa shape index (κ2) is 7.61. The SMILES string of the molecule is COc1cc(NCCCCC(C)C)cc([N+](=O)[O-])c1. The number of nitro benzene ring substituents is 1. The molecule has 5 nitrogen and oxygen atoms in total. The molecule has 0 amide bonds. The molecular weight excluding hydrogens is 244 g/mol. The van der Waals surface area contributed by atoms with Gasteiger partial charge in [-0.05, 0) is 12.3 Å². The number of hydrogen-bond acceptors (Lipinski definition) is 4. The summed E-state index contributed by atoms with van der Waals surface area (Å²) in [7, 11) is 1.51. The van der Waals surface area contributed by atoms with Crippen LogP contribution in [-0.4, -0.2) is 18.6 Å². The molecule has 0 atom stereocenters. The van der Waals surface area contributed by atoms with E-state index in [2.05, 4.69) is 19.2 Å². The molecular formula is C14H22N2O3. The average molecular weight is 266 g/mol. The third kappa shape index (κ3) is 5.59. The Labute approximate surface area is 114 Å². The van der Waals surface area contributed by atoms with Gasteiger partial charge in [0, 0.05) is 24.4 Å². The van der Waals surface area contributed by atoms with E-state index in [9.17, 15) is 10.1 Å². The molecule has 1 N–H and O–H groups in total. The molecule has 0 saturated heterocycles. The van der Waals surface area contributed by atoms with E-state index in [0.29, 0.717) is 5.75 Å². The minimum Gasteiger partial charge on any atom is -0.496 e. The number of ether oxygens (including phenoxy) is 1. The molecule has 0 aliphatic rings. The Morgan fingerprint density at radius 3 is 2.63 bits per heavy atom. The molecule has 0 spiro atoms. The summed E-state index contributed by atoms with van der Waals surface area (Å²) in [6, 6.07) is 4.73. The highest BCUT2D eigenvalue weighted by Crippen LogP contribution is 2.25. The molecule has 0 fully saturated rings. The second-order valence-corrected chi connectivity index (χ2v) is 4.99. The maximum atomic E-state index is 10.8. The largest absolute Gasteiger partial charge is 0.496 e. The molecule has 0 unspecified atom stereocenters. The highest BCUT2D eigenvalue weighted by Gasteiger charge is 2.09. The molecule has 0 heterocycles. The maximum Gasteiger partial charge on any atom is 0.275 e.